The summed E-state index contributed by atoms with van der Waals surface area (Å²) in [6.07, 6.45) is 3.95. The maximum absolute atomic E-state index is 12.3. The van der Waals surface area contributed by atoms with Crippen LogP contribution in [0, 0.1) is 24.2 Å². The number of hydrogen-bond acceptors (Lipinski definition) is 1. The molecule has 4 heteroatoms. The minimum Gasteiger partial charge on any atom is -0.362 e. The van der Waals surface area contributed by atoms with Crippen molar-refractivity contribution >= 4 is 8.15 Å². The van der Waals surface area contributed by atoms with E-state index in [-0.39, 0.29) is 5.92 Å². The van der Waals surface area contributed by atoms with Crippen LogP contribution in [0.3, 0.4) is 0 Å². The minimum absolute atomic E-state index is 0.281. The maximum atomic E-state index is 12.3. The van der Waals surface area contributed by atoms with Crippen molar-refractivity contribution in [1.29, 1.82) is 0 Å². The molecule has 0 spiro atoms. The highest BCUT2D eigenvalue weighted by atomic mass is 31.1. The second-order valence-electron chi connectivity index (χ2n) is 2.80. The second kappa shape index (κ2) is 4.16. The summed E-state index contributed by atoms with van der Waals surface area (Å²) < 4.78 is 29.8. The lowest BCUT2D eigenvalue weighted by molar-refractivity contribution is 0.0772. The van der Waals surface area contributed by atoms with Crippen LogP contribution >= 0.6 is 8.15 Å². The highest BCUT2D eigenvalue weighted by Crippen LogP contribution is 2.50. The fraction of sp³-hybridized carbons (Fsp3) is 0.750. The average molecular weight is 192 g/mol. The zero-order valence-electron chi connectivity index (χ0n) is 6.84. The lowest BCUT2D eigenvalue weighted by atomic mass is 9.98. The molecule has 1 nitrogen and oxygen atoms in total. The van der Waals surface area contributed by atoms with Gasteiger partial charge in [0.1, 0.15) is 0 Å². The minimum atomic E-state index is -2.30. The zero-order chi connectivity index (χ0) is 9.14. The predicted molar refractivity (Wildman–Crippen MR) is 45.5 cm³/mol. The molecule has 68 valence electrons. The maximum Gasteiger partial charge on any atom is 0.243 e. The summed E-state index contributed by atoms with van der Waals surface area (Å²) in [6.45, 7) is 0. The van der Waals surface area contributed by atoms with Crippen LogP contribution in [0.25, 0.3) is 0 Å². The molecule has 1 heterocycles. The molecule has 1 aliphatic heterocycles. The van der Waals surface area contributed by atoms with E-state index >= 15 is 0 Å². The Kier molecular flexibility index (Phi) is 3.43. The van der Waals surface area contributed by atoms with Gasteiger partial charge in [0.05, 0.1) is 0 Å². The van der Waals surface area contributed by atoms with Gasteiger partial charge in [-0.2, -0.15) is 0 Å². The van der Waals surface area contributed by atoms with Gasteiger partial charge < -0.3 is 4.52 Å². The Labute approximate surface area is 72.3 Å². The molecule has 0 aromatic heterocycles. The molecule has 0 aromatic rings. The monoisotopic (exact) mass is 192 g/mol. The van der Waals surface area contributed by atoms with Gasteiger partial charge in [0.15, 0.2) is 0 Å². The molecule has 1 fully saturated rings. The largest absolute Gasteiger partial charge is 0.362 e. The summed E-state index contributed by atoms with van der Waals surface area (Å²) in [4.78, 5) is 0. The average Bonchev–Trinajstić information content (AvgIpc) is 2.47. The number of hydrogen-bond donors (Lipinski definition) is 0. The van der Waals surface area contributed by atoms with Gasteiger partial charge in [-0.3, -0.25) is 0 Å². The molecule has 3 atom stereocenters. The molecule has 1 rings (SSSR count). The van der Waals surface area contributed by atoms with Crippen LogP contribution in [0.1, 0.15) is 0 Å². The Morgan fingerprint density at radius 3 is 2.58 bits per heavy atom. The quantitative estimate of drug-likeness (QED) is 0.481. The molecule has 0 aliphatic carbocycles. The summed E-state index contributed by atoms with van der Waals surface area (Å²) in [5, 5.41) is 0. The summed E-state index contributed by atoms with van der Waals surface area (Å²) >= 11 is 0. The molecule has 0 bridgehead atoms. The van der Waals surface area contributed by atoms with Crippen LogP contribution < -0.4 is 0 Å². The smallest absolute Gasteiger partial charge is 0.243 e. The van der Waals surface area contributed by atoms with E-state index in [0.29, 0.717) is 12.3 Å². The molecule has 0 aromatic carbocycles. The first-order chi connectivity index (χ1) is 5.69. The van der Waals surface area contributed by atoms with Gasteiger partial charge in [0, 0.05) is 39.4 Å². The van der Waals surface area contributed by atoms with E-state index in [1.54, 1.807) is 7.11 Å². The van der Waals surface area contributed by atoms with Crippen LogP contribution in [0.4, 0.5) is 8.78 Å². The third kappa shape index (κ3) is 1.94. The van der Waals surface area contributed by atoms with Crippen molar-refractivity contribution in [1.82, 2.24) is 0 Å². The Balaban J connectivity index is 2.58. The van der Waals surface area contributed by atoms with Crippen molar-refractivity contribution in [2.75, 3.05) is 19.4 Å². The number of halogens is 2. The SMILES string of the molecule is C#CC1CP(OC)CC1C(F)F. The van der Waals surface area contributed by atoms with Crippen molar-refractivity contribution in [2.45, 2.75) is 6.43 Å². The highest BCUT2D eigenvalue weighted by molar-refractivity contribution is 7.52. The number of alkyl halides is 2. The standard InChI is InChI=1S/C8H11F2OP/c1-3-6-4-12(11-2)5-7(6)8(9)10/h1,6-8H,4-5H2,2H3. The van der Waals surface area contributed by atoms with Gasteiger partial charge in [0.25, 0.3) is 0 Å². The van der Waals surface area contributed by atoms with E-state index in [0.717, 1.165) is 0 Å². The molecule has 0 radical (unpaired) electrons. The second-order valence-corrected chi connectivity index (χ2v) is 4.86. The molecule has 1 saturated heterocycles. The lowest BCUT2D eigenvalue weighted by Crippen LogP contribution is -2.18. The fourth-order valence-corrected chi connectivity index (χ4v) is 3.52. The van der Waals surface area contributed by atoms with E-state index < -0.39 is 20.5 Å². The van der Waals surface area contributed by atoms with E-state index in [9.17, 15) is 8.78 Å². The highest BCUT2D eigenvalue weighted by Gasteiger charge is 2.38. The Morgan fingerprint density at radius 2 is 2.25 bits per heavy atom. The van der Waals surface area contributed by atoms with Gasteiger partial charge in [0.2, 0.25) is 6.43 Å². The van der Waals surface area contributed by atoms with Crippen molar-refractivity contribution in [2.24, 2.45) is 11.8 Å². The van der Waals surface area contributed by atoms with Crippen LogP contribution in [-0.2, 0) is 4.52 Å². The van der Waals surface area contributed by atoms with Crippen molar-refractivity contribution in [3.63, 3.8) is 0 Å². The molecule has 1 aliphatic rings. The van der Waals surface area contributed by atoms with Crippen LogP contribution in [0.15, 0.2) is 0 Å². The van der Waals surface area contributed by atoms with Gasteiger partial charge in [-0.1, -0.05) is 0 Å². The van der Waals surface area contributed by atoms with Gasteiger partial charge in [-0.05, 0) is 0 Å². The number of rotatable bonds is 2. The summed E-state index contributed by atoms with van der Waals surface area (Å²) in [5.41, 5.74) is 0. The van der Waals surface area contributed by atoms with Crippen LogP contribution in [0.5, 0.6) is 0 Å². The van der Waals surface area contributed by atoms with Gasteiger partial charge in [-0.25, -0.2) is 8.78 Å². The zero-order valence-corrected chi connectivity index (χ0v) is 7.73. The van der Waals surface area contributed by atoms with Gasteiger partial charge in [-0.15, -0.1) is 12.3 Å². The van der Waals surface area contributed by atoms with Crippen molar-refractivity contribution in [3.05, 3.63) is 0 Å². The van der Waals surface area contributed by atoms with Crippen LogP contribution in [0.2, 0.25) is 0 Å². The van der Waals surface area contributed by atoms with Crippen molar-refractivity contribution in [3.8, 4) is 12.3 Å². The molecule has 0 saturated carbocycles. The van der Waals surface area contributed by atoms with E-state index in [2.05, 4.69) is 5.92 Å². The van der Waals surface area contributed by atoms with Gasteiger partial charge >= 0.3 is 0 Å². The summed E-state index contributed by atoms with van der Waals surface area (Å²) in [7, 11) is 0.880. The molecular weight excluding hydrogens is 181 g/mol. The number of terminal acetylenes is 1. The molecule has 0 amide bonds. The summed E-state index contributed by atoms with van der Waals surface area (Å²) in [6, 6.07) is 0. The first kappa shape index (κ1) is 9.89. The predicted octanol–water partition coefficient (Wildman–Crippen LogP) is 2.17. The van der Waals surface area contributed by atoms with E-state index in [1.165, 1.54) is 0 Å². The first-order valence-corrected chi connectivity index (χ1v) is 5.35. The Hall–Kier alpha value is -0.190. The molecular formula is C8H11F2OP. The Morgan fingerprint density at radius 1 is 1.58 bits per heavy atom. The first-order valence-electron chi connectivity index (χ1n) is 3.72. The molecule has 3 unspecified atom stereocenters. The summed E-state index contributed by atoms with van der Waals surface area (Å²) in [5.74, 6) is 1.50. The van der Waals surface area contributed by atoms with Crippen molar-refractivity contribution < 1.29 is 13.3 Å². The lowest BCUT2D eigenvalue weighted by Gasteiger charge is -2.11. The third-order valence-corrected chi connectivity index (χ3v) is 4.27. The fourth-order valence-electron chi connectivity index (χ4n) is 1.37. The molecule has 0 N–H and O–H groups in total. The normalized spacial score (nSPS) is 35.4. The third-order valence-electron chi connectivity index (χ3n) is 2.13. The Bertz CT molecular complexity index is 190. The topological polar surface area (TPSA) is 9.23 Å². The van der Waals surface area contributed by atoms with Crippen LogP contribution in [-0.4, -0.2) is 25.9 Å². The molecule has 12 heavy (non-hydrogen) atoms. The van der Waals surface area contributed by atoms with E-state index in [1.807, 2.05) is 0 Å². The van der Waals surface area contributed by atoms with E-state index in [4.69, 9.17) is 10.9 Å².